The predicted octanol–water partition coefficient (Wildman–Crippen LogP) is -0.113. The van der Waals surface area contributed by atoms with Gasteiger partial charge in [0.2, 0.25) is 0 Å². The molecule has 0 saturated heterocycles. The van der Waals surface area contributed by atoms with Crippen LogP contribution in [-0.4, -0.2) is 28.0 Å². The van der Waals surface area contributed by atoms with Crippen molar-refractivity contribution in [3.63, 3.8) is 0 Å². The van der Waals surface area contributed by atoms with E-state index in [0.29, 0.717) is 12.2 Å². The molecule has 1 aromatic rings. The van der Waals surface area contributed by atoms with Gasteiger partial charge in [-0.3, -0.25) is 4.79 Å². The molecule has 1 heterocycles. The highest BCUT2D eigenvalue weighted by atomic mass is 16.2. The Bertz CT molecular complexity index is 304. The topological polar surface area (TPSA) is 72.9 Å². The molecule has 5 heteroatoms. The quantitative estimate of drug-likeness (QED) is 0.705. The third-order valence-electron chi connectivity index (χ3n) is 2.16. The van der Waals surface area contributed by atoms with Gasteiger partial charge in [0.15, 0.2) is 0 Å². The molecule has 0 aliphatic heterocycles. The maximum atomic E-state index is 11.6. The van der Waals surface area contributed by atoms with E-state index in [-0.39, 0.29) is 11.9 Å². The Hall–Kier alpha value is -1.36. The number of imidazole rings is 1. The van der Waals surface area contributed by atoms with Crippen molar-refractivity contribution in [3.05, 3.63) is 18.2 Å². The van der Waals surface area contributed by atoms with Gasteiger partial charge in [0.25, 0.3) is 5.91 Å². The van der Waals surface area contributed by atoms with E-state index in [1.807, 2.05) is 6.92 Å². The largest absolute Gasteiger partial charge is 0.347 e. The highest BCUT2D eigenvalue weighted by molar-refractivity contribution is 5.92. The van der Waals surface area contributed by atoms with E-state index in [1.54, 1.807) is 24.1 Å². The van der Waals surface area contributed by atoms with E-state index in [2.05, 4.69) is 10.3 Å². The summed E-state index contributed by atoms with van der Waals surface area (Å²) >= 11 is 0. The van der Waals surface area contributed by atoms with E-state index in [1.165, 1.54) is 0 Å². The van der Waals surface area contributed by atoms with Gasteiger partial charge in [0.1, 0.15) is 5.69 Å². The summed E-state index contributed by atoms with van der Waals surface area (Å²) < 4.78 is 1.68. The fraction of sp³-hybridized carbons (Fsp3) is 0.556. The summed E-state index contributed by atoms with van der Waals surface area (Å²) in [7, 11) is 1.78. The lowest BCUT2D eigenvalue weighted by Crippen LogP contribution is -2.40. The van der Waals surface area contributed by atoms with E-state index >= 15 is 0 Å². The van der Waals surface area contributed by atoms with E-state index < -0.39 is 0 Å². The number of amides is 1. The van der Waals surface area contributed by atoms with Gasteiger partial charge in [-0.2, -0.15) is 0 Å². The molecule has 1 atom stereocenters. The number of nitrogens with two attached hydrogens (primary N) is 1. The lowest BCUT2D eigenvalue weighted by atomic mass is 10.2. The SMILES string of the molecule is CCC(CN)NC(=O)c1cncn1C. The van der Waals surface area contributed by atoms with Crippen LogP contribution in [-0.2, 0) is 7.05 Å². The zero-order valence-electron chi connectivity index (χ0n) is 8.53. The Balaban J connectivity index is 2.63. The van der Waals surface area contributed by atoms with Crippen molar-refractivity contribution in [2.75, 3.05) is 6.54 Å². The first-order valence-electron chi connectivity index (χ1n) is 4.66. The molecule has 0 aliphatic carbocycles. The molecule has 78 valence electrons. The second kappa shape index (κ2) is 4.76. The fourth-order valence-electron chi connectivity index (χ4n) is 1.16. The molecule has 1 unspecified atom stereocenters. The van der Waals surface area contributed by atoms with Crippen LogP contribution in [0.1, 0.15) is 23.8 Å². The highest BCUT2D eigenvalue weighted by Gasteiger charge is 2.12. The van der Waals surface area contributed by atoms with Crippen LogP contribution < -0.4 is 11.1 Å². The molecule has 0 aromatic carbocycles. The summed E-state index contributed by atoms with van der Waals surface area (Å²) in [6.45, 7) is 2.45. The van der Waals surface area contributed by atoms with Gasteiger partial charge < -0.3 is 15.6 Å². The molecule has 3 N–H and O–H groups in total. The molecule has 1 amide bonds. The van der Waals surface area contributed by atoms with Crippen LogP contribution in [0.2, 0.25) is 0 Å². The average Bonchev–Trinajstić information content (AvgIpc) is 2.60. The van der Waals surface area contributed by atoms with E-state index in [4.69, 9.17) is 5.73 Å². The highest BCUT2D eigenvalue weighted by Crippen LogP contribution is 1.97. The van der Waals surface area contributed by atoms with Gasteiger partial charge in [-0.15, -0.1) is 0 Å². The standard InChI is InChI=1S/C9H16N4O/c1-3-7(4-10)12-9(14)8-5-11-6-13(8)2/h5-7H,3-4,10H2,1-2H3,(H,12,14). The Morgan fingerprint density at radius 2 is 2.50 bits per heavy atom. The number of rotatable bonds is 4. The van der Waals surface area contributed by atoms with Gasteiger partial charge in [-0.25, -0.2) is 4.98 Å². The summed E-state index contributed by atoms with van der Waals surface area (Å²) in [6, 6.07) is 0.0393. The van der Waals surface area contributed by atoms with Crippen LogP contribution in [0.3, 0.4) is 0 Å². The summed E-state index contributed by atoms with van der Waals surface area (Å²) in [6.07, 6.45) is 3.97. The Labute approximate surface area is 83.3 Å². The van der Waals surface area contributed by atoms with E-state index in [0.717, 1.165) is 6.42 Å². The van der Waals surface area contributed by atoms with Gasteiger partial charge in [0.05, 0.1) is 12.5 Å². The monoisotopic (exact) mass is 196 g/mol. The number of aromatic nitrogens is 2. The molecule has 1 aromatic heterocycles. The van der Waals surface area contributed by atoms with Crippen LogP contribution in [0.15, 0.2) is 12.5 Å². The van der Waals surface area contributed by atoms with Crippen molar-refractivity contribution >= 4 is 5.91 Å². The molecular formula is C9H16N4O. The number of nitrogens with one attached hydrogen (secondary N) is 1. The number of hydrogen-bond acceptors (Lipinski definition) is 3. The molecule has 0 saturated carbocycles. The minimum Gasteiger partial charge on any atom is -0.347 e. The van der Waals surface area contributed by atoms with Crippen molar-refractivity contribution in [2.24, 2.45) is 12.8 Å². The second-order valence-electron chi connectivity index (χ2n) is 3.20. The minimum absolute atomic E-state index is 0.0393. The Morgan fingerprint density at radius 1 is 1.79 bits per heavy atom. The first kappa shape index (κ1) is 10.7. The summed E-state index contributed by atoms with van der Waals surface area (Å²) in [5.41, 5.74) is 6.04. The number of aryl methyl sites for hydroxylation is 1. The molecule has 5 nitrogen and oxygen atoms in total. The zero-order chi connectivity index (χ0) is 10.6. The van der Waals surface area contributed by atoms with Crippen molar-refractivity contribution in [1.29, 1.82) is 0 Å². The first-order chi connectivity index (χ1) is 6.69. The van der Waals surface area contributed by atoms with Crippen molar-refractivity contribution in [1.82, 2.24) is 14.9 Å². The molecule has 14 heavy (non-hydrogen) atoms. The Kier molecular flexibility index (Phi) is 3.64. The first-order valence-corrected chi connectivity index (χ1v) is 4.66. The smallest absolute Gasteiger partial charge is 0.269 e. The maximum absolute atomic E-state index is 11.6. The molecule has 1 rings (SSSR count). The van der Waals surface area contributed by atoms with Crippen LogP contribution in [0.4, 0.5) is 0 Å². The average molecular weight is 196 g/mol. The molecule has 0 aliphatic rings. The third kappa shape index (κ3) is 2.32. The lowest BCUT2D eigenvalue weighted by Gasteiger charge is -2.14. The van der Waals surface area contributed by atoms with Crippen LogP contribution in [0.25, 0.3) is 0 Å². The predicted molar refractivity (Wildman–Crippen MR) is 53.8 cm³/mol. The van der Waals surface area contributed by atoms with Crippen molar-refractivity contribution < 1.29 is 4.79 Å². The van der Waals surface area contributed by atoms with Crippen LogP contribution in [0.5, 0.6) is 0 Å². The normalized spacial score (nSPS) is 12.5. The molecule has 0 spiro atoms. The molecule has 0 fully saturated rings. The summed E-state index contributed by atoms with van der Waals surface area (Å²) in [5, 5.41) is 2.83. The second-order valence-corrected chi connectivity index (χ2v) is 3.20. The van der Waals surface area contributed by atoms with Crippen molar-refractivity contribution in [2.45, 2.75) is 19.4 Å². The molecule has 0 bridgehead atoms. The van der Waals surface area contributed by atoms with Crippen LogP contribution in [0, 0.1) is 0 Å². The fourth-order valence-corrected chi connectivity index (χ4v) is 1.16. The van der Waals surface area contributed by atoms with Crippen molar-refractivity contribution in [3.8, 4) is 0 Å². The molecule has 0 radical (unpaired) electrons. The van der Waals surface area contributed by atoms with Crippen LogP contribution >= 0.6 is 0 Å². The summed E-state index contributed by atoms with van der Waals surface area (Å²) in [5.74, 6) is -0.123. The van der Waals surface area contributed by atoms with E-state index in [9.17, 15) is 4.79 Å². The zero-order valence-corrected chi connectivity index (χ0v) is 8.53. The van der Waals surface area contributed by atoms with Gasteiger partial charge in [0, 0.05) is 19.6 Å². The minimum atomic E-state index is -0.123. The number of hydrogen-bond donors (Lipinski definition) is 2. The number of carbonyl (C=O) groups is 1. The maximum Gasteiger partial charge on any atom is 0.269 e. The Morgan fingerprint density at radius 3 is 2.93 bits per heavy atom. The third-order valence-corrected chi connectivity index (χ3v) is 2.16. The lowest BCUT2D eigenvalue weighted by molar-refractivity contribution is 0.0929. The molecular weight excluding hydrogens is 180 g/mol. The van der Waals surface area contributed by atoms with Gasteiger partial charge in [-0.1, -0.05) is 6.92 Å². The number of nitrogens with zero attached hydrogens (tertiary/aromatic N) is 2. The van der Waals surface area contributed by atoms with Gasteiger partial charge >= 0.3 is 0 Å². The van der Waals surface area contributed by atoms with Gasteiger partial charge in [-0.05, 0) is 6.42 Å². The number of carbonyl (C=O) groups excluding carboxylic acids is 1. The summed E-state index contributed by atoms with van der Waals surface area (Å²) in [4.78, 5) is 15.5.